The molecule has 0 amide bonds. The summed E-state index contributed by atoms with van der Waals surface area (Å²) >= 11 is 0. The number of rotatable bonds is 6. The molecule has 0 unspecified atom stereocenters. The maximum atomic E-state index is 12.3. The second kappa shape index (κ2) is 5.71. The van der Waals surface area contributed by atoms with E-state index in [1.165, 1.54) is 11.2 Å². The first-order valence-electron chi connectivity index (χ1n) is 6.41. The summed E-state index contributed by atoms with van der Waals surface area (Å²) in [5.74, 6) is -0.292. The van der Waals surface area contributed by atoms with Crippen molar-refractivity contribution in [2.45, 2.75) is 13.3 Å². The molecule has 0 radical (unpaired) electrons. The van der Waals surface area contributed by atoms with E-state index in [0.29, 0.717) is 18.7 Å². The monoisotopic (exact) mass is 318 g/mol. The van der Waals surface area contributed by atoms with Crippen molar-refractivity contribution >= 4 is 25.7 Å². The van der Waals surface area contributed by atoms with Crippen LogP contribution in [0, 0.1) is 0 Å². The standard InChI is InChI=1S/C12H18N2O4S2/c1-2-19(15,16)13-8-10-20(17,18)14-9-7-11-5-3-4-6-12(11)14/h3-6,13H,2,7-10H2,1H3. The van der Waals surface area contributed by atoms with E-state index in [1.807, 2.05) is 12.1 Å². The number of nitrogens with zero attached hydrogens (tertiary/aromatic N) is 1. The summed E-state index contributed by atoms with van der Waals surface area (Å²) in [6, 6.07) is 7.36. The largest absolute Gasteiger partial charge is 0.270 e. The minimum atomic E-state index is -3.50. The first kappa shape index (κ1) is 15.3. The zero-order valence-electron chi connectivity index (χ0n) is 11.2. The molecule has 0 fully saturated rings. The SMILES string of the molecule is CCS(=O)(=O)NCCS(=O)(=O)N1CCc2ccccc21. The van der Waals surface area contributed by atoms with E-state index in [0.717, 1.165) is 5.56 Å². The Bertz CT molecular complexity index is 683. The van der Waals surface area contributed by atoms with Crippen LogP contribution in [-0.2, 0) is 26.5 Å². The smallest absolute Gasteiger partial charge is 0.236 e. The highest BCUT2D eigenvalue weighted by Crippen LogP contribution is 2.29. The van der Waals surface area contributed by atoms with Crippen LogP contribution in [0.4, 0.5) is 5.69 Å². The van der Waals surface area contributed by atoms with Gasteiger partial charge >= 0.3 is 0 Å². The van der Waals surface area contributed by atoms with Crippen molar-refractivity contribution in [3.63, 3.8) is 0 Å². The Morgan fingerprint density at radius 3 is 2.60 bits per heavy atom. The van der Waals surface area contributed by atoms with Crippen LogP contribution in [0.3, 0.4) is 0 Å². The molecule has 0 saturated heterocycles. The van der Waals surface area contributed by atoms with Gasteiger partial charge in [0.05, 0.1) is 17.2 Å². The average molecular weight is 318 g/mol. The van der Waals surface area contributed by atoms with Crippen LogP contribution in [0.1, 0.15) is 12.5 Å². The van der Waals surface area contributed by atoms with Crippen LogP contribution in [0.5, 0.6) is 0 Å². The number of hydrogen-bond donors (Lipinski definition) is 1. The van der Waals surface area contributed by atoms with Gasteiger partial charge in [0, 0.05) is 13.1 Å². The van der Waals surface area contributed by atoms with E-state index in [1.54, 1.807) is 12.1 Å². The third-order valence-corrected chi connectivity index (χ3v) is 6.42. The molecule has 0 aromatic heterocycles. The molecule has 6 nitrogen and oxygen atoms in total. The first-order chi connectivity index (χ1) is 9.36. The number of anilines is 1. The van der Waals surface area contributed by atoms with Crippen molar-refractivity contribution in [1.29, 1.82) is 0 Å². The summed E-state index contributed by atoms with van der Waals surface area (Å²) in [7, 11) is -6.86. The summed E-state index contributed by atoms with van der Waals surface area (Å²) in [5, 5.41) is 0. The van der Waals surface area contributed by atoms with Crippen LogP contribution in [0.2, 0.25) is 0 Å². The lowest BCUT2D eigenvalue weighted by atomic mass is 10.2. The Kier molecular flexibility index (Phi) is 4.36. The molecule has 1 aromatic rings. The van der Waals surface area contributed by atoms with Crippen LogP contribution >= 0.6 is 0 Å². The van der Waals surface area contributed by atoms with Gasteiger partial charge in [-0.2, -0.15) is 0 Å². The lowest BCUT2D eigenvalue weighted by Gasteiger charge is -2.19. The van der Waals surface area contributed by atoms with Gasteiger partial charge in [0.2, 0.25) is 20.0 Å². The maximum Gasteiger partial charge on any atom is 0.236 e. The number of para-hydroxylation sites is 1. The van der Waals surface area contributed by atoms with E-state index in [9.17, 15) is 16.8 Å². The molecular formula is C12H18N2O4S2. The highest BCUT2D eigenvalue weighted by Gasteiger charge is 2.28. The third-order valence-electron chi connectivity index (χ3n) is 3.24. The van der Waals surface area contributed by atoms with Crippen molar-refractivity contribution in [3.05, 3.63) is 29.8 Å². The molecule has 1 aromatic carbocycles. The molecule has 2 rings (SSSR count). The van der Waals surface area contributed by atoms with E-state index in [-0.39, 0.29) is 18.1 Å². The minimum absolute atomic E-state index is 0.0560. The molecule has 1 heterocycles. The predicted molar refractivity (Wildman–Crippen MR) is 78.7 cm³/mol. The van der Waals surface area contributed by atoms with Gasteiger partial charge in [-0.05, 0) is 25.0 Å². The number of hydrogen-bond acceptors (Lipinski definition) is 4. The lowest BCUT2D eigenvalue weighted by Crippen LogP contribution is -2.37. The van der Waals surface area contributed by atoms with Gasteiger partial charge in [-0.3, -0.25) is 4.31 Å². The number of benzene rings is 1. The molecule has 0 atom stereocenters. The number of sulfonamides is 2. The Morgan fingerprint density at radius 2 is 1.90 bits per heavy atom. The van der Waals surface area contributed by atoms with E-state index >= 15 is 0 Å². The molecule has 1 aliphatic heterocycles. The van der Waals surface area contributed by atoms with Gasteiger partial charge in [-0.25, -0.2) is 21.6 Å². The zero-order chi connectivity index (χ0) is 14.8. The van der Waals surface area contributed by atoms with Crippen LogP contribution in [-0.4, -0.2) is 41.4 Å². The maximum absolute atomic E-state index is 12.3. The molecule has 0 saturated carbocycles. The van der Waals surface area contributed by atoms with Gasteiger partial charge in [0.15, 0.2) is 0 Å². The van der Waals surface area contributed by atoms with Crippen LogP contribution in [0.25, 0.3) is 0 Å². The quantitative estimate of drug-likeness (QED) is 0.819. The van der Waals surface area contributed by atoms with Crippen LogP contribution in [0.15, 0.2) is 24.3 Å². The second-order valence-corrected chi connectivity index (χ2v) is 8.67. The Hall–Kier alpha value is -1.12. The fraction of sp³-hybridized carbons (Fsp3) is 0.500. The molecule has 112 valence electrons. The molecule has 0 aliphatic carbocycles. The van der Waals surface area contributed by atoms with Gasteiger partial charge in [-0.15, -0.1) is 0 Å². The summed E-state index contributed by atoms with van der Waals surface area (Å²) < 4.78 is 50.7. The summed E-state index contributed by atoms with van der Waals surface area (Å²) in [6.07, 6.45) is 0.691. The minimum Gasteiger partial charge on any atom is -0.270 e. The average Bonchev–Trinajstić information content (AvgIpc) is 2.83. The molecule has 8 heteroatoms. The van der Waals surface area contributed by atoms with Crippen molar-refractivity contribution in [1.82, 2.24) is 4.72 Å². The van der Waals surface area contributed by atoms with E-state index in [4.69, 9.17) is 0 Å². The highest BCUT2D eigenvalue weighted by molar-refractivity contribution is 7.93. The number of nitrogens with one attached hydrogen (secondary N) is 1. The van der Waals surface area contributed by atoms with Gasteiger partial charge in [0.25, 0.3) is 0 Å². The van der Waals surface area contributed by atoms with Crippen molar-refractivity contribution in [2.75, 3.05) is 28.9 Å². The van der Waals surface area contributed by atoms with E-state index in [2.05, 4.69) is 4.72 Å². The third kappa shape index (κ3) is 3.31. The molecule has 0 bridgehead atoms. The Balaban J connectivity index is 2.06. The molecular weight excluding hydrogens is 300 g/mol. The van der Waals surface area contributed by atoms with E-state index < -0.39 is 20.0 Å². The fourth-order valence-electron chi connectivity index (χ4n) is 2.14. The van der Waals surface area contributed by atoms with Crippen LogP contribution < -0.4 is 9.03 Å². The normalized spacial score (nSPS) is 15.3. The Morgan fingerprint density at radius 1 is 1.20 bits per heavy atom. The van der Waals surface area contributed by atoms with Gasteiger partial charge in [0.1, 0.15) is 0 Å². The highest BCUT2D eigenvalue weighted by atomic mass is 32.2. The second-order valence-electron chi connectivity index (χ2n) is 4.56. The topological polar surface area (TPSA) is 83.5 Å². The predicted octanol–water partition coefficient (Wildman–Crippen LogP) is 0.318. The molecule has 20 heavy (non-hydrogen) atoms. The van der Waals surface area contributed by atoms with Gasteiger partial charge in [-0.1, -0.05) is 18.2 Å². The summed E-state index contributed by atoms with van der Waals surface area (Å²) in [5.41, 5.74) is 1.70. The zero-order valence-corrected chi connectivity index (χ0v) is 12.9. The number of fused-ring (bicyclic) bond motifs is 1. The summed E-state index contributed by atoms with van der Waals surface area (Å²) in [4.78, 5) is 0. The molecule has 1 N–H and O–H groups in total. The lowest BCUT2D eigenvalue weighted by molar-refractivity contribution is 0.581. The molecule has 1 aliphatic rings. The summed E-state index contributed by atoms with van der Waals surface area (Å²) in [6.45, 7) is 1.83. The van der Waals surface area contributed by atoms with Gasteiger partial charge < -0.3 is 0 Å². The first-order valence-corrected chi connectivity index (χ1v) is 9.67. The van der Waals surface area contributed by atoms with Crippen molar-refractivity contribution in [2.24, 2.45) is 0 Å². The fourth-order valence-corrected chi connectivity index (χ4v) is 4.31. The molecule has 0 spiro atoms. The Labute approximate surface area is 119 Å². The van der Waals surface area contributed by atoms with Crippen molar-refractivity contribution in [3.8, 4) is 0 Å². The van der Waals surface area contributed by atoms with Crippen molar-refractivity contribution < 1.29 is 16.8 Å².